The highest BCUT2D eigenvalue weighted by Crippen LogP contribution is 2.44. The minimum Gasteiger partial charge on any atom is -0.481 e. The number of rotatable bonds is 18. The zero-order valence-corrected chi connectivity index (χ0v) is 23.0. The lowest BCUT2D eigenvalue weighted by Gasteiger charge is -2.41. The number of ketones is 1. The van der Waals surface area contributed by atoms with Crippen LogP contribution in [0.2, 0.25) is 6.04 Å². The molecule has 0 aliphatic heterocycles. The van der Waals surface area contributed by atoms with Crippen molar-refractivity contribution in [2.45, 2.75) is 46.6 Å². The third-order valence-corrected chi connectivity index (χ3v) is 7.61. The standard InChI is InChI=1S/C22H36N2O14Si/c1-5-22(21(34)35,20(33)23-9-8-10-39(36,37)38)15(19(31)32)13(16(26)24(6-2)7-3)12(11(4)25)14(17(27)28)18(29)30/h12-15,36-38H,5-10H2,1-4H3,(H,23,33)(H,27,28)(H,29,30)(H,31,32)(H,34,35)/t12?,13?,15?,22-/m0/s1. The van der Waals surface area contributed by atoms with Gasteiger partial charge in [0.25, 0.3) is 0 Å². The molecular formula is C22H36N2O14Si. The lowest BCUT2D eigenvalue weighted by Crippen LogP contribution is -2.61. The van der Waals surface area contributed by atoms with Crippen LogP contribution >= 0.6 is 0 Å². The third-order valence-electron chi connectivity index (χ3n) is 6.58. The highest BCUT2D eigenvalue weighted by atomic mass is 28.4. The molecule has 0 aliphatic rings. The van der Waals surface area contributed by atoms with Gasteiger partial charge in [-0.1, -0.05) is 6.92 Å². The van der Waals surface area contributed by atoms with Crippen molar-refractivity contribution >= 4 is 50.3 Å². The maximum absolute atomic E-state index is 13.6. The quantitative estimate of drug-likeness (QED) is 0.0498. The SMILES string of the molecule is CCN(CC)C(=O)C(C(C(C)=O)C(C(=O)O)C(=O)O)C(C(=O)O)[C@](CC)(C(=O)O)C(=O)NCCC[Si](O)(O)O. The fourth-order valence-corrected chi connectivity index (χ4v) is 5.27. The van der Waals surface area contributed by atoms with Gasteiger partial charge in [-0.2, -0.15) is 0 Å². The summed E-state index contributed by atoms with van der Waals surface area (Å²) in [6.07, 6.45) is -1.06. The molecule has 17 heteroatoms. The first-order valence-corrected chi connectivity index (χ1v) is 14.1. The van der Waals surface area contributed by atoms with E-state index in [9.17, 15) is 54.0 Å². The minimum absolute atomic E-state index is 0.110. The third kappa shape index (κ3) is 8.54. The van der Waals surface area contributed by atoms with E-state index in [1.165, 1.54) is 13.8 Å². The Morgan fingerprint density at radius 3 is 1.62 bits per heavy atom. The number of nitrogens with zero attached hydrogens (tertiary/aromatic N) is 1. The van der Waals surface area contributed by atoms with E-state index in [0.29, 0.717) is 0 Å². The summed E-state index contributed by atoms with van der Waals surface area (Å²) in [7, 11) is -4.52. The maximum atomic E-state index is 13.6. The zero-order valence-electron chi connectivity index (χ0n) is 22.0. The van der Waals surface area contributed by atoms with E-state index in [2.05, 4.69) is 5.32 Å². The lowest BCUT2D eigenvalue weighted by molar-refractivity contribution is -0.179. The first-order valence-electron chi connectivity index (χ1n) is 12.0. The monoisotopic (exact) mass is 580 g/mol. The van der Waals surface area contributed by atoms with Crippen LogP contribution in [0.25, 0.3) is 0 Å². The van der Waals surface area contributed by atoms with Crippen LogP contribution in [0.15, 0.2) is 0 Å². The molecule has 0 heterocycles. The molecule has 39 heavy (non-hydrogen) atoms. The van der Waals surface area contributed by atoms with E-state index in [1.807, 2.05) is 0 Å². The molecule has 2 amide bonds. The van der Waals surface area contributed by atoms with Crippen LogP contribution in [0.1, 0.15) is 40.5 Å². The van der Waals surface area contributed by atoms with Crippen LogP contribution in [-0.2, 0) is 33.6 Å². The fraction of sp³-hybridized carbons (Fsp3) is 0.682. The number of amides is 2. The molecule has 222 valence electrons. The Bertz CT molecular complexity index is 947. The van der Waals surface area contributed by atoms with Gasteiger partial charge in [0.2, 0.25) is 11.8 Å². The Kier molecular flexibility index (Phi) is 13.4. The second kappa shape index (κ2) is 14.7. The Morgan fingerprint density at radius 1 is 0.821 bits per heavy atom. The maximum Gasteiger partial charge on any atom is 0.492 e. The molecule has 0 spiro atoms. The topological polar surface area (TPSA) is 276 Å². The molecule has 0 aromatic carbocycles. The number of carboxylic acid groups (broad SMARTS) is 4. The molecule has 3 unspecified atom stereocenters. The van der Waals surface area contributed by atoms with Crippen molar-refractivity contribution in [2.75, 3.05) is 19.6 Å². The van der Waals surface area contributed by atoms with Gasteiger partial charge in [0.15, 0.2) is 11.3 Å². The molecule has 0 radical (unpaired) electrons. The number of carbonyl (C=O) groups excluding carboxylic acids is 3. The molecule has 0 aromatic rings. The number of aliphatic carboxylic acids is 4. The van der Waals surface area contributed by atoms with Crippen LogP contribution in [0.4, 0.5) is 0 Å². The van der Waals surface area contributed by atoms with E-state index < -0.39 is 98.4 Å². The zero-order chi connectivity index (χ0) is 30.9. The number of Topliss-reactive ketones (excluding diaryl/α,β-unsaturated/α-hetero) is 1. The van der Waals surface area contributed by atoms with Gasteiger partial charge in [0.1, 0.15) is 5.78 Å². The molecule has 0 fully saturated rings. The van der Waals surface area contributed by atoms with E-state index in [0.717, 1.165) is 18.7 Å². The van der Waals surface area contributed by atoms with E-state index in [4.69, 9.17) is 14.4 Å². The summed E-state index contributed by atoms with van der Waals surface area (Å²) in [5.41, 5.74) is -3.01. The molecular weight excluding hydrogens is 544 g/mol. The smallest absolute Gasteiger partial charge is 0.481 e. The van der Waals surface area contributed by atoms with Gasteiger partial charge in [-0.3, -0.25) is 33.6 Å². The van der Waals surface area contributed by atoms with Crippen LogP contribution in [0, 0.1) is 29.1 Å². The number of hydrogen-bond acceptors (Lipinski definition) is 10. The molecule has 8 N–H and O–H groups in total. The van der Waals surface area contributed by atoms with Crippen molar-refractivity contribution in [2.24, 2.45) is 29.1 Å². The summed E-state index contributed by atoms with van der Waals surface area (Å²) in [4.78, 5) is 117. The largest absolute Gasteiger partial charge is 0.492 e. The summed E-state index contributed by atoms with van der Waals surface area (Å²) in [5, 5.41) is 41.7. The molecule has 0 saturated carbocycles. The van der Waals surface area contributed by atoms with Crippen molar-refractivity contribution in [3.05, 3.63) is 0 Å². The fourth-order valence-electron chi connectivity index (χ4n) is 4.62. The van der Waals surface area contributed by atoms with Crippen LogP contribution in [0.5, 0.6) is 0 Å². The predicted octanol–water partition coefficient (Wildman–Crippen LogP) is -1.93. The normalized spacial score (nSPS) is 15.4. The Labute approximate surface area is 224 Å². The highest BCUT2D eigenvalue weighted by molar-refractivity contribution is 6.56. The Hall–Kier alpha value is -3.41. The second-order valence-electron chi connectivity index (χ2n) is 8.91. The molecule has 0 saturated heterocycles. The van der Waals surface area contributed by atoms with E-state index in [-0.39, 0.29) is 19.5 Å². The first-order chi connectivity index (χ1) is 17.8. The number of carbonyl (C=O) groups is 7. The minimum atomic E-state index is -4.52. The lowest BCUT2D eigenvalue weighted by atomic mass is 9.60. The Morgan fingerprint density at radius 2 is 1.31 bits per heavy atom. The molecule has 0 aromatic heterocycles. The number of hydrogen-bond donors (Lipinski definition) is 8. The van der Waals surface area contributed by atoms with Crippen LogP contribution < -0.4 is 5.32 Å². The molecule has 4 atom stereocenters. The molecule has 16 nitrogen and oxygen atoms in total. The predicted molar refractivity (Wildman–Crippen MR) is 131 cm³/mol. The summed E-state index contributed by atoms with van der Waals surface area (Å²) < 4.78 is 0. The molecule has 0 bridgehead atoms. The van der Waals surface area contributed by atoms with Gasteiger partial charge in [0, 0.05) is 25.7 Å². The van der Waals surface area contributed by atoms with Gasteiger partial charge in [-0.05, 0) is 33.6 Å². The Balaban J connectivity index is 7.34. The van der Waals surface area contributed by atoms with Crippen molar-refractivity contribution in [3.8, 4) is 0 Å². The summed E-state index contributed by atoms with van der Waals surface area (Å²) in [6.45, 7) is 4.05. The van der Waals surface area contributed by atoms with Crippen molar-refractivity contribution in [3.63, 3.8) is 0 Å². The van der Waals surface area contributed by atoms with Gasteiger partial charge >= 0.3 is 32.7 Å². The summed E-state index contributed by atoms with van der Waals surface area (Å²) in [5.74, 6) is -22.3. The average Bonchev–Trinajstić information content (AvgIpc) is 2.79. The van der Waals surface area contributed by atoms with Crippen LogP contribution in [-0.4, -0.2) is 110 Å². The van der Waals surface area contributed by atoms with Gasteiger partial charge in [0.05, 0.1) is 17.8 Å². The van der Waals surface area contributed by atoms with Gasteiger partial charge in [-0.25, -0.2) is 0 Å². The van der Waals surface area contributed by atoms with E-state index in [1.54, 1.807) is 0 Å². The second-order valence-corrected chi connectivity index (χ2v) is 11.0. The molecule has 0 aliphatic carbocycles. The van der Waals surface area contributed by atoms with E-state index >= 15 is 0 Å². The summed E-state index contributed by atoms with van der Waals surface area (Å²) in [6, 6.07) is -0.559. The highest BCUT2D eigenvalue weighted by Gasteiger charge is 2.63. The van der Waals surface area contributed by atoms with Crippen molar-refractivity contribution in [1.29, 1.82) is 0 Å². The number of nitrogens with one attached hydrogen (secondary N) is 1. The first kappa shape index (κ1) is 35.6. The molecule has 0 rings (SSSR count). The van der Waals surface area contributed by atoms with Crippen molar-refractivity contribution < 1.29 is 68.4 Å². The average molecular weight is 581 g/mol. The van der Waals surface area contributed by atoms with Crippen LogP contribution in [0.3, 0.4) is 0 Å². The summed E-state index contributed by atoms with van der Waals surface area (Å²) >= 11 is 0. The van der Waals surface area contributed by atoms with Gasteiger partial charge in [-0.15, -0.1) is 0 Å². The number of carboxylic acids is 4. The van der Waals surface area contributed by atoms with Gasteiger partial charge < -0.3 is 45.0 Å². The van der Waals surface area contributed by atoms with Crippen molar-refractivity contribution in [1.82, 2.24) is 10.2 Å².